The second-order valence-electron chi connectivity index (χ2n) is 7.33. The van der Waals surface area contributed by atoms with E-state index < -0.39 is 0 Å². The largest absolute Gasteiger partial charge is 0.263 e. The van der Waals surface area contributed by atoms with Crippen LogP contribution in [0.4, 0.5) is 0 Å². The van der Waals surface area contributed by atoms with Crippen molar-refractivity contribution in [2.24, 2.45) is 9.98 Å². The van der Waals surface area contributed by atoms with Gasteiger partial charge in [-0.05, 0) is 12.8 Å². The Hall–Kier alpha value is -1.18. The normalized spacial score (nSPS) is 15.5. The smallest absolute Gasteiger partial charge is 0.0498 e. The number of unbranched alkanes of at least 4 members (excludes halogenated alkanes) is 13. The van der Waals surface area contributed by atoms with E-state index in [1.807, 2.05) is 18.6 Å². The molecule has 0 radical (unpaired) electrons. The number of rotatable bonds is 15. The van der Waals surface area contributed by atoms with Crippen LogP contribution in [-0.4, -0.2) is 11.9 Å². The topological polar surface area (TPSA) is 24.7 Å². The zero-order valence-electron chi connectivity index (χ0n) is 15.7. The van der Waals surface area contributed by atoms with Gasteiger partial charge in [-0.15, -0.1) is 0 Å². The van der Waals surface area contributed by atoms with E-state index in [0.29, 0.717) is 0 Å². The summed E-state index contributed by atoms with van der Waals surface area (Å²) in [5.41, 5.74) is 3.72. The van der Waals surface area contributed by atoms with Crippen LogP contribution in [0.25, 0.3) is 0 Å². The lowest BCUT2D eigenvalue weighted by atomic mass is 10.0. The minimum Gasteiger partial charge on any atom is -0.263 e. The van der Waals surface area contributed by atoms with E-state index in [-0.39, 0.29) is 0 Å². The first-order valence-electron chi connectivity index (χ1n) is 10.4. The fourth-order valence-corrected chi connectivity index (χ4v) is 3.58. The second kappa shape index (κ2) is 12.2. The molecule has 0 aromatic carbocycles. The Morgan fingerprint density at radius 3 is 1.79 bits per heavy atom. The van der Waals surface area contributed by atoms with Crippen LogP contribution in [0.15, 0.2) is 33.5 Å². The van der Waals surface area contributed by atoms with Crippen LogP contribution in [0.2, 0.25) is 0 Å². The van der Waals surface area contributed by atoms with E-state index in [2.05, 4.69) is 16.9 Å². The lowest BCUT2D eigenvalue weighted by Gasteiger charge is -2.04. The van der Waals surface area contributed by atoms with Crippen molar-refractivity contribution >= 4 is 11.9 Å². The van der Waals surface area contributed by atoms with Crippen molar-refractivity contribution in [3.63, 3.8) is 0 Å². The standard InChI is InChI=1S/C22H36N2/c1-2-3-4-5-6-7-8-9-10-11-12-13-14-15-16-22-21-19-23-17-20(21)18-24-22/h17-19H,2-16H2,1H3. The van der Waals surface area contributed by atoms with Crippen molar-refractivity contribution in [2.45, 2.75) is 103 Å². The highest BCUT2D eigenvalue weighted by molar-refractivity contribution is 6.14. The zero-order valence-corrected chi connectivity index (χ0v) is 15.7. The molecule has 2 aliphatic heterocycles. The van der Waals surface area contributed by atoms with Gasteiger partial charge in [0.25, 0.3) is 0 Å². The van der Waals surface area contributed by atoms with Gasteiger partial charge in [-0.1, -0.05) is 90.4 Å². The Bertz CT molecular complexity index is 468. The molecule has 0 fully saturated rings. The molecule has 0 aromatic heterocycles. The third kappa shape index (κ3) is 7.15. The van der Waals surface area contributed by atoms with E-state index in [1.54, 1.807) is 0 Å². The molecule has 2 rings (SSSR count). The molecule has 134 valence electrons. The van der Waals surface area contributed by atoms with E-state index in [0.717, 1.165) is 6.42 Å². The number of nitrogens with zero attached hydrogens (tertiary/aromatic N) is 2. The Labute approximate surface area is 149 Å². The van der Waals surface area contributed by atoms with Gasteiger partial charge in [-0.2, -0.15) is 0 Å². The molecule has 24 heavy (non-hydrogen) atoms. The summed E-state index contributed by atoms with van der Waals surface area (Å²) >= 11 is 0. The summed E-state index contributed by atoms with van der Waals surface area (Å²) in [5, 5.41) is 0. The minimum atomic E-state index is 1.12. The number of hydrogen-bond acceptors (Lipinski definition) is 2. The van der Waals surface area contributed by atoms with Gasteiger partial charge in [0, 0.05) is 35.5 Å². The zero-order chi connectivity index (χ0) is 16.9. The van der Waals surface area contributed by atoms with Gasteiger partial charge in [0.05, 0.1) is 0 Å². The number of allylic oxidation sites excluding steroid dienone is 2. The summed E-state index contributed by atoms with van der Waals surface area (Å²) in [6, 6.07) is 0. The van der Waals surface area contributed by atoms with Crippen molar-refractivity contribution < 1.29 is 0 Å². The molecule has 2 heteroatoms. The average Bonchev–Trinajstić information content (AvgIpc) is 3.19. The van der Waals surface area contributed by atoms with Gasteiger partial charge in [0.15, 0.2) is 0 Å². The van der Waals surface area contributed by atoms with Crippen LogP contribution >= 0.6 is 0 Å². The lowest BCUT2D eigenvalue weighted by Crippen LogP contribution is -1.99. The monoisotopic (exact) mass is 328 g/mol. The summed E-state index contributed by atoms with van der Waals surface area (Å²) in [5.74, 6) is 0. The average molecular weight is 329 g/mol. The summed E-state index contributed by atoms with van der Waals surface area (Å²) in [6.07, 6.45) is 26.8. The second-order valence-corrected chi connectivity index (χ2v) is 7.33. The highest BCUT2D eigenvalue weighted by atomic mass is 14.8. The van der Waals surface area contributed by atoms with Gasteiger partial charge in [0.2, 0.25) is 0 Å². The van der Waals surface area contributed by atoms with Crippen LogP contribution in [0.5, 0.6) is 0 Å². The van der Waals surface area contributed by atoms with Crippen LogP contribution in [0, 0.1) is 0 Å². The highest BCUT2D eigenvalue weighted by Crippen LogP contribution is 2.24. The summed E-state index contributed by atoms with van der Waals surface area (Å²) in [4.78, 5) is 8.71. The Morgan fingerprint density at radius 2 is 1.21 bits per heavy atom. The molecular formula is C22H36N2. The van der Waals surface area contributed by atoms with Gasteiger partial charge in [-0.25, -0.2) is 0 Å². The van der Waals surface area contributed by atoms with E-state index in [9.17, 15) is 0 Å². The maximum atomic E-state index is 4.51. The molecule has 0 aromatic rings. The predicted molar refractivity (Wildman–Crippen MR) is 107 cm³/mol. The van der Waals surface area contributed by atoms with Gasteiger partial charge in [-0.3, -0.25) is 9.98 Å². The fourth-order valence-electron chi connectivity index (χ4n) is 3.58. The van der Waals surface area contributed by atoms with Crippen LogP contribution in [0.3, 0.4) is 0 Å². The fraction of sp³-hybridized carbons (Fsp3) is 0.727. The molecule has 2 heterocycles. The maximum absolute atomic E-state index is 4.51. The predicted octanol–water partition coefficient (Wildman–Crippen LogP) is 7.16. The molecule has 0 bridgehead atoms. The van der Waals surface area contributed by atoms with E-state index >= 15 is 0 Å². The first-order chi connectivity index (χ1) is 11.9. The third-order valence-electron chi connectivity index (χ3n) is 5.17. The molecule has 0 N–H and O–H groups in total. The first kappa shape index (κ1) is 19.1. The van der Waals surface area contributed by atoms with Gasteiger partial charge < -0.3 is 0 Å². The molecule has 0 spiro atoms. The summed E-state index contributed by atoms with van der Waals surface area (Å²) in [7, 11) is 0. The molecule has 0 atom stereocenters. The van der Waals surface area contributed by atoms with E-state index in [4.69, 9.17) is 0 Å². The quantitative estimate of drug-likeness (QED) is 0.285. The summed E-state index contributed by atoms with van der Waals surface area (Å²) < 4.78 is 0. The molecule has 0 saturated heterocycles. The first-order valence-corrected chi connectivity index (χ1v) is 10.4. The number of fused-ring (bicyclic) bond motifs is 1. The van der Waals surface area contributed by atoms with Gasteiger partial charge in [0.1, 0.15) is 0 Å². The Kier molecular flexibility index (Phi) is 9.75. The van der Waals surface area contributed by atoms with Crippen molar-refractivity contribution in [1.29, 1.82) is 0 Å². The van der Waals surface area contributed by atoms with Crippen LogP contribution in [-0.2, 0) is 0 Å². The van der Waals surface area contributed by atoms with Gasteiger partial charge >= 0.3 is 0 Å². The number of hydrogen-bond donors (Lipinski definition) is 0. The lowest BCUT2D eigenvalue weighted by molar-refractivity contribution is 0.537. The summed E-state index contributed by atoms with van der Waals surface area (Å²) in [6.45, 7) is 2.29. The van der Waals surface area contributed by atoms with Crippen molar-refractivity contribution in [1.82, 2.24) is 0 Å². The van der Waals surface area contributed by atoms with E-state index in [1.165, 1.54) is 107 Å². The molecule has 2 aliphatic rings. The molecule has 2 nitrogen and oxygen atoms in total. The van der Waals surface area contributed by atoms with Crippen molar-refractivity contribution in [2.75, 3.05) is 0 Å². The third-order valence-corrected chi connectivity index (χ3v) is 5.17. The van der Waals surface area contributed by atoms with Crippen LogP contribution < -0.4 is 0 Å². The molecule has 0 amide bonds. The van der Waals surface area contributed by atoms with Crippen molar-refractivity contribution in [3.05, 3.63) is 23.5 Å². The Balaban J connectivity index is 1.31. The Morgan fingerprint density at radius 1 is 0.667 bits per heavy atom. The molecule has 0 saturated carbocycles. The molecular weight excluding hydrogens is 292 g/mol. The van der Waals surface area contributed by atoms with Crippen LogP contribution in [0.1, 0.15) is 103 Å². The van der Waals surface area contributed by atoms with Crippen molar-refractivity contribution in [3.8, 4) is 0 Å². The minimum absolute atomic E-state index is 1.12. The highest BCUT2D eigenvalue weighted by Gasteiger charge is 2.18. The molecule has 0 aliphatic carbocycles. The maximum Gasteiger partial charge on any atom is 0.0498 e. The molecule has 0 unspecified atom stereocenters. The number of aliphatic imine (C=N–C) groups is 2. The SMILES string of the molecule is CCCCCCCCCCCCCCCCC1=NC=C2C=NC=C21.